The maximum absolute atomic E-state index is 13.6. The zero-order valence-electron chi connectivity index (χ0n) is 23.0. The maximum atomic E-state index is 13.6. The molecule has 0 radical (unpaired) electrons. The average Bonchev–Trinajstić information content (AvgIpc) is 3.11. The van der Waals surface area contributed by atoms with Gasteiger partial charge in [-0.1, -0.05) is 72.8 Å². The fourth-order valence-corrected chi connectivity index (χ4v) is 5.11. The molecule has 42 heavy (non-hydrogen) atoms. The number of rotatable bonds is 10. The van der Waals surface area contributed by atoms with E-state index in [1.807, 2.05) is 42.5 Å². The number of nitrogens with zero attached hydrogens (tertiary/aromatic N) is 1. The summed E-state index contributed by atoms with van der Waals surface area (Å²) in [6.45, 7) is -0.0651. The molecule has 0 aliphatic heterocycles. The fourth-order valence-electron chi connectivity index (χ4n) is 5.11. The molecule has 0 spiro atoms. The highest BCUT2D eigenvalue weighted by molar-refractivity contribution is 5.91. The third-order valence-electron chi connectivity index (χ3n) is 7.34. The number of aryl methyl sites for hydroxylation is 1. The van der Waals surface area contributed by atoms with Gasteiger partial charge in [-0.05, 0) is 34.5 Å². The Bertz CT molecular complexity index is 1900. The van der Waals surface area contributed by atoms with Gasteiger partial charge in [0.05, 0.1) is 17.0 Å². The van der Waals surface area contributed by atoms with E-state index in [2.05, 4.69) is 10.6 Å². The van der Waals surface area contributed by atoms with Crippen molar-refractivity contribution in [2.24, 2.45) is 5.73 Å². The predicted octanol–water partition coefficient (Wildman–Crippen LogP) is 2.22. The Labute approximate surface area is 241 Å². The molecular formula is C33H32N4O5. The molecule has 1 aromatic heterocycles. The zero-order chi connectivity index (χ0) is 29.6. The topological polar surface area (TPSA) is 144 Å². The lowest BCUT2D eigenvalue weighted by atomic mass is 10.0. The first kappa shape index (κ1) is 28.7. The summed E-state index contributed by atoms with van der Waals surface area (Å²) < 4.78 is 1.44. The van der Waals surface area contributed by atoms with E-state index in [0.29, 0.717) is 16.3 Å². The van der Waals surface area contributed by atoms with Gasteiger partial charge in [-0.25, -0.2) is 0 Å². The Kier molecular flexibility index (Phi) is 8.71. The van der Waals surface area contributed by atoms with E-state index in [0.717, 1.165) is 16.3 Å². The van der Waals surface area contributed by atoms with Crippen molar-refractivity contribution in [3.63, 3.8) is 0 Å². The number of nitrogens with two attached hydrogens (primary N) is 1. The van der Waals surface area contributed by atoms with E-state index in [4.69, 9.17) is 5.73 Å². The SMILES string of the molecule is NCC(O)CNC(=O)[C@@H](Cc1ccc2ccccc2c1)NC(=O)CCn1c(=O)c2ccccc2c(=O)c2ccccc21. The second-order valence-electron chi connectivity index (χ2n) is 10.2. The second-order valence-corrected chi connectivity index (χ2v) is 10.2. The van der Waals surface area contributed by atoms with Crippen molar-refractivity contribution >= 4 is 44.3 Å². The Balaban J connectivity index is 1.41. The van der Waals surface area contributed by atoms with Gasteiger partial charge >= 0.3 is 0 Å². The minimum absolute atomic E-state index is 0.000500. The number of amides is 2. The minimum Gasteiger partial charge on any atom is -0.390 e. The lowest BCUT2D eigenvalue weighted by Crippen LogP contribution is -2.50. The molecule has 5 aromatic rings. The molecule has 5 N–H and O–H groups in total. The summed E-state index contributed by atoms with van der Waals surface area (Å²) in [5.74, 6) is -0.899. The van der Waals surface area contributed by atoms with E-state index >= 15 is 0 Å². The lowest BCUT2D eigenvalue weighted by Gasteiger charge is -2.20. The van der Waals surface area contributed by atoms with Gasteiger partial charge in [-0.15, -0.1) is 0 Å². The van der Waals surface area contributed by atoms with Gasteiger partial charge in [0.15, 0.2) is 5.43 Å². The summed E-state index contributed by atoms with van der Waals surface area (Å²) in [6.07, 6.45) is -0.802. The predicted molar refractivity (Wildman–Crippen MR) is 164 cm³/mol. The highest BCUT2D eigenvalue weighted by atomic mass is 16.3. The van der Waals surface area contributed by atoms with E-state index in [-0.39, 0.29) is 48.9 Å². The Morgan fingerprint density at radius 2 is 1.50 bits per heavy atom. The zero-order valence-corrected chi connectivity index (χ0v) is 23.0. The monoisotopic (exact) mass is 564 g/mol. The summed E-state index contributed by atoms with van der Waals surface area (Å²) in [4.78, 5) is 53.2. The van der Waals surface area contributed by atoms with Crippen LogP contribution in [0.4, 0.5) is 0 Å². The molecule has 0 aliphatic rings. The van der Waals surface area contributed by atoms with Crippen molar-refractivity contribution < 1.29 is 14.7 Å². The molecule has 0 saturated heterocycles. The number of hydrogen-bond donors (Lipinski definition) is 4. The van der Waals surface area contributed by atoms with Crippen LogP contribution in [0.5, 0.6) is 0 Å². The van der Waals surface area contributed by atoms with Gasteiger partial charge in [0, 0.05) is 43.2 Å². The number of para-hydroxylation sites is 1. The first-order valence-electron chi connectivity index (χ1n) is 13.8. The highest BCUT2D eigenvalue weighted by Gasteiger charge is 2.22. The van der Waals surface area contributed by atoms with Crippen LogP contribution in [0.2, 0.25) is 0 Å². The first-order valence-corrected chi connectivity index (χ1v) is 13.8. The molecule has 4 aromatic carbocycles. The number of aliphatic hydroxyl groups is 1. The van der Waals surface area contributed by atoms with E-state index in [9.17, 15) is 24.3 Å². The molecule has 9 nitrogen and oxygen atoms in total. The molecule has 0 saturated carbocycles. The molecule has 1 unspecified atom stereocenters. The van der Waals surface area contributed by atoms with Crippen molar-refractivity contribution in [3.05, 3.63) is 117 Å². The maximum Gasteiger partial charge on any atom is 0.259 e. The summed E-state index contributed by atoms with van der Waals surface area (Å²) in [7, 11) is 0. The number of fused-ring (bicyclic) bond motifs is 3. The highest BCUT2D eigenvalue weighted by Crippen LogP contribution is 2.17. The van der Waals surface area contributed by atoms with Crippen LogP contribution in [-0.2, 0) is 22.6 Å². The van der Waals surface area contributed by atoms with Crippen LogP contribution < -0.4 is 27.4 Å². The van der Waals surface area contributed by atoms with Gasteiger partial charge in [-0.3, -0.25) is 19.2 Å². The van der Waals surface area contributed by atoms with Crippen LogP contribution in [0.15, 0.2) is 101 Å². The van der Waals surface area contributed by atoms with Crippen LogP contribution in [0.3, 0.4) is 0 Å². The Hall–Kier alpha value is -4.86. The second kappa shape index (κ2) is 12.8. The van der Waals surface area contributed by atoms with Crippen molar-refractivity contribution in [1.29, 1.82) is 0 Å². The standard InChI is InChI=1S/C33H32N4O5/c34-19-24(38)20-35-32(41)28(18-21-13-14-22-7-1-2-8-23(22)17-21)36-30(39)15-16-37-29-12-6-5-11-27(29)31(40)25-9-3-4-10-26(25)33(37)42/h1-14,17,24,28,38H,15-16,18-20,34H2,(H,35,41)(H,36,39)/t24?,28-/m1/s1. The van der Waals surface area contributed by atoms with Crippen LogP contribution in [0.25, 0.3) is 32.4 Å². The van der Waals surface area contributed by atoms with Gasteiger partial charge in [0.1, 0.15) is 6.04 Å². The Morgan fingerprint density at radius 1 is 0.833 bits per heavy atom. The molecule has 9 heteroatoms. The van der Waals surface area contributed by atoms with Crippen LogP contribution >= 0.6 is 0 Å². The summed E-state index contributed by atoms with van der Waals surface area (Å²) in [5, 5.41) is 18.3. The number of benzene rings is 4. The minimum atomic E-state index is -0.932. The van der Waals surface area contributed by atoms with E-state index in [1.54, 1.807) is 48.5 Å². The van der Waals surface area contributed by atoms with Crippen LogP contribution in [0, 0.1) is 0 Å². The fraction of sp³-hybridized carbons (Fsp3) is 0.212. The molecular weight excluding hydrogens is 532 g/mol. The number of hydrogen-bond acceptors (Lipinski definition) is 6. The largest absolute Gasteiger partial charge is 0.390 e. The Morgan fingerprint density at radius 3 is 2.26 bits per heavy atom. The third kappa shape index (κ3) is 6.22. The smallest absolute Gasteiger partial charge is 0.259 e. The van der Waals surface area contributed by atoms with Gasteiger partial charge < -0.3 is 26.0 Å². The van der Waals surface area contributed by atoms with E-state index in [1.165, 1.54) is 4.57 Å². The number of aromatic nitrogens is 1. The van der Waals surface area contributed by atoms with Crippen LogP contribution in [-0.4, -0.2) is 46.7 Å². The normalized spacial score (nSPS) is 12.7. The third-order valence-corrected chi connectivity index (χ3v) is 7.34. The number of carbonyl (C=O) groups excluding carboxylic acids is 2. The van der Waals surface area contributed by atoms with Gasteiger partial charge in [0.25, 0.3) is 5.56 Å². The molecule has 2 atom stereocenters. The molecule has 2 amide bonds. The summed E-state index contributed by atoms with van der Waals surface area (Å²) in [6, 6.07) is 26.2. The molecule has 0 aliphatic carbocycles. The van der Waals surface area contributed by atoms with Crippen molar-refractivity contribution in [2.75, 3.05) is 13.1 Å². The summed E-state index contributed by atoms with van der Waals surface area (Å²) in [5.41, 5.74) is 6.12. The van der Waals surface area contributed by atoms with E-state index < -0.39 is 24.0 Å². The number of aliphatic hydroxyl groups excluding tert-OH is 1. The first-order chi connectivity index (χ1) is 20.4. The van der Waals surface area contributed by atoms with Gasteiger partial charge in [-0.2, -0.15) is 0 Å². The molecule has 5 rings (SSSR count). The van der Waals surface area contributed by atoms with Gasteiger partial charge in [0.2, 0.25) is 11.8 Å². The molecule has 0 fully saturated rings. The molecule has 214 valence electrons. The lowest BCUT2D eigenvalue weighted by molar-refractivity contribution is -0.129. The van der Waals surface area contributed by atoms with Crippen molar-refractivity contribution in [1.82, 2.24) is 15.2 Å². The quantitative estimate of drug-likeness (QED) is 0.205. The molecule has 0 bridgehead atoms. The van der Waals surface area contributed by atoms with Crippen LogP contribution in [0.1, 0.15) is 12.0 Å². The number of nitrogens with one attached hydrogen (secondary N) is 2. The van der Waals surface area contributed by atoms with Crippen molar-refractivity contribution in [2.45, 2.75) is 31.5 Å². The van der Waals surface area contributed by atoms with Crippen molar-refractivity contribution in [3.8, 4) is 0 Å². The average molecular weight is 565 g/mol. The molecule has 1 heterocycles. The summed E-state index contributed by atoms with van der Waals surface area (Å²) >= 11 is 0. The number of carbonyl (C=O) groups is 2.